The zero-order valence-electron chi connectivity index (χ0n) is 16.3. The summed E-state index contributed by atoms with van der Waals surface area (Å²) in [7, 11) is 0. The number of pyridine rings is 1. The maximum absolute atomic E-state index is 12.5. The van der Waals surface area contributed by atoms with Crippen molar-refractivity contribution in [2.24, 2.45) is 5.92 Å². The Kier molecular flexibility index (Phi) is 6.10. The number of morpholine rings is 1. The van der Waals surface area contributed by atoms with Crippen molar-refractivity contribution < 1.29 is 19.1 Å². The molecule has 2 saturated heterocycles. The lowest BCUT2D eigenvalue weighted by Crippen LogP contribution is -2.44. The van der Waals surface area contributed by atoms with Gasteiger partial charge in [0.15, 0.2) is 0 Å². The monoisotopic (exact) mass is 387 g/mol. The minimum atomic E-state index is -0.0129. The summed E-state index contributed by atoms with van der Waals surface area (Å²) in [6.45, 7) is 3.93. The first-order valence-corrected chi connectivity index (χ1v) is 10.5. The van der Waals surface area contributed by atoms with Gasteiger partial charge < -0.3 is 19.3 Å². The highest BCUT2D eigenvalue weighted by Crippen LogP contribution is 2.28. The molecular weight excluding hydrogens is 358 g/mol. The molecule has 0 N–H and O–H groups in total. The molecule has 0 atom stereocenters. The third-order valence-electron chi connectivity index (χ3n) is 6.03. The Hall–Kier alpha value is -2.15. The predicted octanol–water partition coefficient (Wildman–Crippen LogP) is 2.11. The molecule has 7 nitrogen and oxygen atoms in total. The molecule has 3 heterocycles. The third-order valence-corrected chi connectivity index (χ3v) is 6.03. The number of rotatable bonds is 4. The molecule has 1 aliphatic carbocycles. The van der Waals surface area contributed by atoms with Gasteiger partial charge in [-0.05, 0) is 18.9 Å². The molecule has 0 aromatic carbocycles. The van der Waals surface area contributed by atoms with Crippen LogP contribution < -0.4 is 4.74 Å². The molecule has 3 aliphatic rings. The van der Waals surface area contributed by atoms with Crippen molar-refractivity contribution in [2.75, 3.05) is 39.4 Å². The van der Waals surface area contributed by atoms with Crippen LogP contribution in [-0.2, 0) is 9.53 Å². The van der Waals surface area contributed by atoms with Crippen LogP contribution in [0.25, 0.3) is 0 Å². The Morgan fingerprint density at radius 1 is 0.964 bits per heavy atom. The van der Waals surface area contributed by atoms with E-state index in [0.717, 1.165) is 38.8 Å². The molecule has 3 fully saturated rings. The van der Waals surface area contributed by atoms with Crippen LogP contribution in [0.5, 0.6) is 5.88 Å². The lowest BCUT2D eigenvalue weighted by Gasteiger charge is -2.33. The lowest BCUT2D eigenvalue weighted by molar-refractivity contribution is -0.137. The van der Waals surface area contributed by atoms with Gasteiger partial charge in [-0.15, -0.1) is 0 Å². The highest BCUT2D eigenvalue weighted by Gasteiger charge is 2.30. The molecule has 0 spiro atoms. The second-order valence-corrected chi connectivity index (χ2v) is 7.91. The number of amides is 2. The van der Waals surface area contributed by atoms with Crippen LogP contribution in [0.3, 0.4) is 0 Å². The molecule has 28 heavy (non-hydrogen) atoms. The number of ether oxygens (including phenoxy) is 2. The van der Waals surface area contributed by atoms with Gasteiger partial charge in [-0.3, -0.25) is 9.59 Å². The number of hydrogen-bond acceptors (Lipinski definition) is 5. The summed E-state index contributed by atoms with van der Waals surface area (Å²) < 4.78 is 11.3. The van der Waals surface area contributed by atoms with E-state index < -0.39 is 0 Å². The number of likely N-dealkylation sites (tertiary alicyclic amines) is 1. The summed E-state index contributed by atoms with van der Waals surface area (Å²) in [4.78, 5) is 33.1. The minimum absolute atomic E-state index is 0.0129. The molecule has 1 saturated carbocycles. The van der Waals surface area contributed by atoms with E-state index in [2.05, 4.69) is 4.98 Å². The van der Waals surface area contributed by atoms with Crippen LogP contribution in [0.2, 0.25) is 0 Å². The largest absolute Gasteiger partial charge is 0.474 e. The fraction of sp³-hybridized carbons (Fsp3) is 0.667. The van der Waals surface area contributed by atoms with Gasteiger partial charge in [0, 0.05) is 57.2 Å². The number of hydrogen-bond donors (Lipinski definition) is 0. The van der Waals surface area contributed by atoms with Gasteiger partial charge in [0.1, 0.15) is 6.10 Å². The van der Waals surface area contributed by atoms with Crippen molar-refractivity contribution in [1.82, 2.24) is 14.8 Å². The molecule has 4 rings (SSSR count). The Labute approximate surface area is 166 Å². The van der Waals surface area contributed by atoms with Crippen LogP contribution in [0, 0.1) is 5.92 Å². The Morgan fingerprint density at radius 3 is 2.32 bits per heavy atom. The van der Waals surface area contributed by atoms with Crippen molar-refractivity contribution in [2.45, 2.75) is 44.6 Å². The molecule has 2 amide bonds. The van der Waals surface area contributed by atoms with Gasteiger partial charge in [-0.25, -0.2) is 4.98 Å². The lowest BCUT2D eigenvalue weighted by atomic mass is 10.0. The molecule has 0 unspecified atom stereocenters. The summed E-state index contributed by atoms with van der Waals surface area (Å²) in [5.41, 5.74) is 0.575. The quantitative estimate of drug-likeness (QED) is 0.791. The van der Waals surface area contributed by atoms with Gasteiger partial charge in [-0.1, -0.05) is 12.8 Å². The van der Waals surface area contributed by atoms with E-state index in [1.165, 1.54) is 12.8 Å². The van der Waals surface area contributed by atoms with Gasteiger partial charge in [0.25, 0.3) is 5.91 Å². The van der Waals surface area contributed by atoms with E-state index in [-0.39, 0.29) is 17.9 Å². The van der Waals surface area contributed by atoms with Crippen molar-refractivity contribution in [3.05, 3.63) is 23.9 Å². The van der Waals surface area contributed by atoms with Crippen LogP contribution in [-0.4, -0.2) is 72.1 Å². The summed E-state index contributed by atoms with van der Waals surface area (Å²) in [6.07, 6.45) is 7.79. The van der Waals surface area contributed by atoms with Crippen molar-refractivity contribution in [3.63, 3.8) is 0 Å². The van der Waals surface area contributed by atoms with Crippen LogP contribution in [0.1, 0.15) is 48.9 Å². The minimum Gasteiger partial charge on any atom is -0.474 e. The van der Waals surface area contributed by atoms with E-state index in [1.54, 1.807) is 23.2 Å². The fourth-order valence-electron chi connectivity index (χ4n) is 4.32. The average molecular weight is 387 g/mol. The summed E-state index contributed by atoms with van der Waals surface area (Å²) >= 11 is 0. The standard InChI is InChI=1S/C21H29N3O4/c25-20(16-3-1-2-4-16)23-9-7-18(8-10-23)28-19-6-5-17(15-22-19)21(26)24-11-13-27-14-12-24/h5-6,15-16,18H,1-4,7-14H2. The Bertz CT molecular complexity index is 673. The maximum atomic E-state index is 12.5. The van der Waals surface area contributed by atoms with E-state index in [4.69, 9.17) is 9.47 Å². The fourth-order valence-corrected chi connectivity index (χ4v) is 4.32. The summed E-state index contributed by atoms with van der Waals surface area (Å²) in [5.74, 6) is 1.11. The van der Waals surface area contributed by atoms with E-state index in [1.807, 2.05) is 4.90 Å². The van der Waals surface area contributed by atoms with E-state index in [9.17, 15) is 9.59 Å². The number of aromatic nitrogens is 1. The van der Waals surface area contributed by atoms with Gasteiger partial charge in [0.2, 0.25) is 11.8 Å². The SMILES string of the molecule is O=C(c1ccc(OC2CCN(C(=O)C3CCCC3)CC2)nc1)N1CCOCC1. The topological polar surface area (TPSA) is 72.0 Å². The first kappa shape index (κ1) is 19.2. The zero-order chi connectivity index (χ0) is 19.3. The van der Waals surface area contributed by atoms with E-state index in [0.29, 0.717) is 43.7 Å². The highest BCUT2D eigenvalue weighted by atomic mass is 16.5. The first-order valence-electron chi connectivity index (χ1n) is 10.5. The van der Waals surface area contributed by atoms with Crippen molar-refractivity contribution in [1.29, 1.82) is 0 Å². The predicted molar refractivity (Wildman–Crippen MR) is 103 cm³/mol. The number of carbonyl (C=O) groups excluding carboxylic acids is 2. The Morgan fingerprint density at radius 2 is 1.68 bits per heavy atom. The van der Waals surface area contributed by atoms with Gasteiger partial charge in [-0.2, -0.15) is 0 Å². The van der Waals surface area contributed by atoms with E-state index >= 15 is 0 Å². The molecule has 0 radical (unpaired) electrons. The number of carbonyl (C=O) groups is 2. The molecule has 2 aliphatic heterocycles. The molecule has 152 valence electrons. The van der Waals surface area contributed by atoms with Gasteiger partial charge >= 0.3 is 0 Å². The summed E-state index contributed by atoms with van der Waals surface area (Å²) in [5, 5.41) is 0. The highest BCUT2D eigenvalue weighted by molar-refractivity contribution is 5.94. The Balaban J connectivity index is 1.26. The molecular formula is C21H29N3O4. The van der Waals surface area contributed by atoms with Crippen molar-refractivity contribution in [3.8, 4) is 5.88 Å². The second-order valence-electron chi connectivity index (χ2n) is 7.91. The maximum Gasteiger partial charge on any atom is 0.255 e. The molecule has 1 aromatic heterocycles. The van der Waals surface area contributed by atoms with Crippen LogP contribution >= 0.6 is 0 Å². The molecule has 7 heteroatoms. The summed E-state index contributed by atoms with van der Waals surface area (Å²) in [6, 6.07) is 3.54. The van der Waals surface area contributed by atoms with Crippen LogP contribution in [0.4, 0.5) is 0 Å². The molecule has 0 bridgehead atoms. The molecule has 1 aromatic rings. The second kappa shape index (κ2) is 8.90. The zero-order valence-corrected chi connectivity index (χ0v) is 16.3. The normalized spacial score (nSPS) is 21.7. The first-order chi connectivity index (χ1) is 13.7. The third kappa shape index (κ3) is 4.46. The van der Waals surface area contributed by atoms with Gasteiger partial charge in [0.05, 0.1) is 18.8 Å². The number of nitrogens with zero attached hydrogens (tertiary/aromatic N) is 3. The van der Waals surface area contributed by atoms with Crippen molar-refractivity contribution >= 4 is 11.8 Å². The smallest absolute Gasteiger partial charge is 0.255 e. The number of piperidine rings is 1. The van der Waals surface area contributed by atoms with Crippen LogP contribution in [0.15, 0.2) is 18.3 Å². The average Bonchev–Trinajstić information content (AvgIpc) is 3.29.